The average molecular weight is 727 g/mol. The quantitative estimate of drug-likeness (QED) is 0.211. The molecular weight excluding hydrogens is 668 g/mol. The van der Waals surface area contributed by atoms with Gasteiger partial charge in [-0.15, -0.1) is 0 Å². The highest BCUT2D eigenvalue weighted by molar-refractivity contribution is 6.38. The van der Waals surface area contributed by atoms with Crippen LogP contribution in [-0.2, 0) is 33.5 Å². The fourth-order valence-electron chi connectivity index (χ4n) is 6.32. The van der Waals surface area contributed by atoms with Gasteiger partial charge in [0.1, 0.15) is 23.7 Å². The molecule has 3 rings (SSSR count). The molecule has 52 heavy (non-hydrogen) atoms. The fraction of sp³-hybridized carbons (Fsp3) is 0.658. The zero-order valence-corrected chi connectivity index (χ0v) is 32.3. The van der Waals surface area contributed by atoms with Crippen molar-refractivity contribution in [1.29, 1.82) is 0 Å². The third-order valence-electron chi connectivity index (χ3n) is 9.28. The summed E-state index contributed by atoms with van der Waals surface area (Å²) in [5.41, 5.74) is -0.970. The first-order chi connectivity index (χ1) is 24.1. The Kier molecular flexibility index (Phi) is 14.0. The highest BCUT2D eigenvalue weighted by Gasteiger charge is 2.48. The van der Waals surface area contributed by atoms with Gasteiger partial charge < -0.3 is 35.8 Å². The Morgan fingerprint density at radius 3 is 2.02 bits per heavy atom. The number of ether oxygens (including phenoxy) is 1. The molecule has 4 N–H and O–H groups in total. The number of rotatable bonds is 14. The van der Waals surface area contributed by atoms with Gasteiger partial charge in [0, 0.05) is 20.6 Å². The molecule has 288 valence electrons. The van der Waals surface area contributed by atoms with Gasteiger partial charge in [-0.25, -0.2) is 4.79 Å². The van der Waals surface area contributed by atoms with Crippen molar-refractivity contribution >= 4 is 41.4 Å². The average Bonchev–Trinajstić information content (AvgIpc) is 3.75. The molecule has 0 spiro atoms. The van der Waals surface area contributed by atoms with Crippen molar-refractivity contribution in [3.8, 4) is 0 Å². The van der Waals surface area contributed by atoms with E-state index in [1.807, 2.05) is 34.6 Å². The maximum Gasteiger partial charge on any atom is 0.408 e. The standard InChI is InChI=1S/C38H58N6O8/c1-22(2)25-18-19-44(35(50)31(37(3,4)5)42-36(51)52-38(6,7)8)29(25)32(47)40-26(20-23-16-17-23)30(46)33(48)39-21-27(45)41-28(34(49)43(9)10)24-14-12-11-13-15-24/h11-15,22-23,25-26,28-29,31H,16-21H2,1-10H3,(H,39,48)(H,40,47)(H,41,45)(H,42,51)/t25-,26?,28+,29?,31?/m1/s1. The number of likely N-dealkylation sites (N-methyl/N-ethyl adjacent to an activating group) is 1. The third-order valence-corrected chi connectivity index (χ3v) is 9.28. The van der Waals surface area contributed by atoms with Crippen LogP contribution in [0.25, 0.3) is 0 Å². The van der Waals surface area contributed by atoms with Crippen LogP contribution >= 0.6 is 0 Å². The Morgan fingerprint density at radius 1 is 0.885 bits per heavy atom. The molecule has 14 nitrogen and oxygen atoms in total. The van der Waals surface area contributed by atoms with Crippen LogP contribution in [-0.4, -0.2) is 102 Å². The van der Waals surface area contributed by atoms with Crippen LogP contribution in [0.3, 0.4) is 0 Å². The molecule has 3 unspecified atom stereocenters. The molecule has 0 radical (unpaired) electrons. The lowest BCUT2D eigenvalue weighted by atomic mass is 9.84. The number of ketones is 1. The number of amides is 6. The molecule has 0 bridgehead atoms. The lowest BCUT2D eigenvalue weighted by Gasteiger charge is -2.37. The predicted octanol–water partition coefficient (Wildman–Crippen LogP) is 2.71. The van der Waals surface area contributed by atoms with Gasteiger partial charge in [-0.3, -0.25) is 28.8 Å². The van der Waals surface area contributed by atoms with Gasteiger partial charge in [-0.2, -0.15) is 0 Å². The number of hydrogen-bond donors (Lipinski definition) is 4. The Morgan fingerprint density at radius 2 is 1.50 bits per heavy atom. The number of Topliss-reactive ketones (excluding diaryl/α,β-unsaturated/α-hetero) is 1. The molecule has 1 saturated carbocycles. The molecule has 1 heterocycles. The van der Waals surface area contributed by atoms with Gasteiger partial charge in [0.25, 0.3) is 5.91 Å². The van der Waals surface area contributed by atoms with Crippen molar-refractivity contribution in [3.63, 3.8) is 0 Å². The number of carbonyl (C=O) groups excluding carboxylic acids is 7. The topological polar surface area (TPSA) is 183 Å². The SMILES string of the molecule is CC(C)[C@H]1CCN(C(=O)C(NC(=O)OC(C)(C)C)C(C)(C)C)C1C(=O)NC(CC1CC1)C(=O)C(=O)NCC(=O)N[C@H](C(=O)N(C)C)c1ccccc1. The summed E-state index contributed by atoms with van der Waals surface area (Å²) in [6, 6.07) is 4.50. The maximum atomic E-state index is 14.2. The molecule has 1 saturated heterocycles. The molecule has 1 aliphatic heterocycles. The van der Waals surface area contributed by atoms with Gasteiger partial charge in [0.2, 0.25) is 29.4 Å². The number of carbonyl (C=O) groups is 7. The maximum absolute atomic E-state index is 14.2. The summed E-state index contributed by atoms with van der Waals surface area (Å²) in [5.74, 6) is -4.13. The summed E-state index contributed by atoms with van der Waals surface area (Å²) >= 11 is 0. The van der Waals surface area contributed by atoms with E-state index < -0.39 is 77.2 Å². The molecule has 5 atom stereocenters. The first-order valence-electron chi connectivity index (χ1n) is 18.1. The van der Waals surface area contributed by atoms with Crippen molar-refractivity contribution in [3.05, 3.63) is 35.9 Å². The van der Waals surface area contributed by atoms with Crippen LogP contribution in [0.2, 0.25) is 0 Å². The van der Waals surface area contributed by atoms with Crippen LogP contribution in [0.1, 0.15) is 92.7 Å². The lowest BCUT2D eigenvalue weighted by Crippen LogP contribution is -2.60. The van der Waals surface area contributed by atoms with E-state index in [9.17, 15) is 33.6 Å². The van der Waals surface area contributed by atoms with Crippen LogP contribution in [0.4, 0.5) is 4.79 Å². The monoisotopic (exact) mass is 726 g/mol. The first-order valence-corrected chi connectivity index (χ1v) is 18.1. The minimum atomic E-state index is -1.18. The summed E-state index contributed by atoms with van der Waals surface area (Å²) in [6.07, 6.45) is 1.70. The molecule has 6 amide bonds. The van der Waals surface area contributed by atoms with E-state index in [4.69, 9.17) is 4.74 Å². The largest absolute Gasteiger partial charge is 0.444 e. The minimum Gasteiger partial charge on any atom is -0.444 e. The Hall–Kier alpha value is -4.49. The fourth-order valence-corrected chi connectivity index (χ4v) is 6.32. The molecular formula is C38H58N6O8. The van der Waals surface area contributed by atoms with Crippen LogP contribution < -0.4 is 21.3 Å². The van der Waals surface area contributed by atoms with Crippen molar-refractivity contribution in [2.24, 2.45) is 23.2 Å². The molecule has 14 heteroatoms. The minimum absolute atomic E-state index is 0.000985. The Balaban J connectivity index is 1.76. The number of nitrogens with one attached hydrogen (secondary N) is 4. The number of likely N-dealkylation sites (tertiary alicyclic amines) is 1. The van der Waals surface area contributed by atoms with Crippen LogP contribution in [0.5, 0.6) is 0 Å². The van der Waals surface area contributed by atoms with Crippen molar-refractivity contribution in [2.75, 3.05) is 27.2 Å². The second-order valence-electron chi connectivity index (χ2n) is 16.5. The van der Waals surface area contributed by atoms with E-state index in [2.05, 4.69) is 21.3 Å². The smallest absolute Gasteiger partial charge is 0.408 e. The van der Waals surface area contributed by atoms with E-state index in [0.29, 0.717) is 12.0 Å². The summed E-state index contributed by atoms with van der Waals surface area (Å²) < 4.78 is 5.43. The molecule has 1 aliphatic carbocycles. The molecule has 1 aromatic carbocycles. The molecule has 2 fully saturated rings. The normalized spacial score (nSPS) is 19.2. The molecule has 2 aliphatic rings. The van der Waals surface area contributed by atoms with Gasteiger partial charge in [-0.1, -0.05) is 77.8 Å². The van der Waals surface area contributed by atoms with Crippen LogP contribution in [0, 0.1) is 23.2 Å². The van der Waals surface area contributed by atoms with Crippen LogP contribution in [0.15, 0.2) is 30.3 Å². The van der Waals surface area contributed by atoms with Crippen molar-refractivity contribution in [2.45, 2.75) is 111 Å². The summed E-state index contributed by atoms with van der Waals surface area (Å²) in [7, 11) is 3.13. The third kappa shape index (κ3) is 11.8. The lowest BCUT2D eigenvalue weighted by molar-refractivity contribution is -0.145. The summed E-state index contributed by atoms with van der Waals surface area (Å²) in [6.45, 7) is 14.2. The highest BCUT2D eigenvalue weighted by Crippen LogP contribution is 2.36. The zero-order valence-electron chi connectivity index (χ0n) is 32.3. The van der Waals surface area contributed by atoms with Gasteiger partial charge in [-0.05, 0) is 62.3 Å². The van der Waals surface area contributed by atoms with Gasteiger partial charge in [0.15, 0.2) is 0 Å². The second-order valence-corrected chi connectivity index (χ2v) is 16.5. The molecule has 1 aromatic rings. The van der Waals surface area contributed by atoms with E-state index >= 15 is 0 Å². The Bertz CT molecular complexity index is 1480. The van der Waals surface area contributed by atoms with E-state index in [-0.39, 0.29) is 36.6 Å². The molecule has 0 aromatic heterocycles. The number of nitrogens with zero attached hydrogens (tertiary/aromatic N) is 2. The summed E-state index contributed by atoms with van der Waals surface area (Å²) in [5, 5.41) is 10.5. The second kappa shape index (κ2) is 17.4. The van der Waals surface area contributed by atoms with Gasteiger partial charge >= 0.3 is 6.09 Å². The highest BCUT2D eigenvalue weighted by atomic mass is 16.6. The van der Waals surface area contributed by atoms with Crippen molar-refractivity contribution < 1.29 is 38.3 Å². The summed E-state index contributed by atoms with van der Waals surface area (Å²) in [4.78, 5) is 96.3. The van der Waals surface area contributed by atoms with E-state index in [1.54, 1.807) is 65.2 Å². The van der Waals surface area contributed by atoms with Gasteiger partial charge in [0.05, 0.1) is 12.6 Å². The number of alkyl carbamates (subject to hydrolysis) is 1. The van der Waals surface area contributed by atoms with E-state index in [1.165, 1.54) is 9.80 Å². The number of benzene rings is 1. The predicted molar refractivity (Wildman–Crippen MR) is 194 cm³/mol. The number of hydrogen-bond acceptors (Lipinski definition) is 8. The van der Waals surface area contributed by atoms with E-state index in [0.717, 1.165) is 12.8 Å². The first kappa shape index (κ1) is 41.9. The Labute approximate surface area is 307 Å². The van der Waals surface area contributed by atoms with Crippen molar-refractivity contribution in [1.82, 2.24) is 31.1 Å². The zero-order chi connectivity index (χ0) is 39.1.